The Hall–Kier alpha value is -4.73. The summed E-state index contributed by atoms with van der Waals surface area (Å²) >= 11 is 0. The zero-order chi connectivity index (χ0) is 25.8. The van der Waals surface area contributed by atoms with E-state index in [4.69, 9.17) is 18.9 Å². The van der Waals surface area contributed by atoms with Gasteiger partial charge in [-0.05, 0) is 24.3 Å². The molecule has 36 heavy (non-hydrogen) atoms. The maximum absolute atomic E-state index is 13.7. The van der Waals surface area contributed by atoms with Crippen LogP contribution in [0.15, 0.2) is 70.3 Å². The third-order valence-electron chi connectivity index (χ3n) is 5.64. The number of anilines is 1. The Morgan fingerprint density at radius 3 is 2.06 bits per heavy atom. The van der Waals surface area contributed by atoms with E-state index in [2.05, 4.69) is 5.32 Å². The van der Waals surface area contributed by atoms with E-state index in [9.17, 15) is 14.4 Å². The molecule has 10 nitrogen and oxygen atoms in total. The van der Waals surface area contributed by atoms with Gasteiger partial charge >= 0.3 is 5.69 Å². The zero-order valence-corrected chi connectivity index (χ0v) is 20.2. The molecule has 0 unspecified atom stereocenters. The molecule has 1 amide bonds. The molecule has 10 heteroatoms. The lowest BCUT2D eigenvalue weighted by molar-refractivity contribution is -0.116. The zero-order valence-electron chi connectivity index (χ0n) is 20.2. The van der Waals surface area contributed by atoms with E-state index >= 15 is 0 Å². The second-order valence-electron chi connectivity index (χ2n) is 7.66. The monoisotopic (exact) mass is 491 g/mol. The molecule has 186 valence electrons. The number of methoxy groups -OCH3 is 4. The fourth-order valence-corrected chi connectivity index (χ4v) is 3.98. The van der Waals surface area contributed by atoms with Crippen molar-refractivity contribution in [2.75, 3.05) is 33.8 Å². The molecular weight excluding hydrogens is 466 g/mol. The lowest BCUT2D eigenvalue weighted by Crippen LogP contribution is -2.40. The molecule has 1 aromatic heterocycles. The van der Waals surface area contributed by atoms with E-state index in [1.807, 2.05) is 0 Å². The molecule has 4 aromatic rings. The normalized spacial score (nSPS) is 10.7. The summed E-state index contributed by atoms with van der Waals surface area (Å²) in [5.41, 5.74) is -0.273. The van der Waals surface area contributed by atoms with Crippen molar-refractivity contribution in [2.24, 2.45) is 0 Å². The van der Waals surface area contributed by atoms with Crippen molar-refractivity contribution in [1.29, 1.82) is 0 Å². The molecule has 0 bridgehead atoms. The number of benzene rings is 3. The minimum absolute atomic E-state index is 0.198. The molecular formula is C26H25N3O7. The van der Waals surface area contributed by atoms with Crippen LogP contribution in [0, 0.1) is 0 Å². The van der Waals surface area contributed by atoms with Gasteiger partial charge in [0.1, 0.15) is 12.3 Å². The van der Waals surface area contributed by atoms with Crippen molar-refractivity contribution in [3.05, 3.63) is 81.5 Å². The third-order valence-corrected chi connectivity index (χ3v) is 5.64. The van der Waals surface area contributed by atoms with Crippen LogP contribution in [0.5, 0.6) is 23.0 Å². The molecule has 1 heterocycles. The first kappa shape index (κ1) is 24.4. The van der Waals surface area contributed by atoms with Gasteiger partial charge in [0, 0.05) is 12.1 Å². The van der Waals surface area contributed by atoms with E-state index in [0.717, 1.165) is 4.57 Å². The minimum Gasteiger partial charge on any atom is -0.495 e. The fraction of sp³-hybridized carbons (Fsp3) is 0.192. The van der Waals surface area contributed by atoms with Crippen LogP contribution in [-0.2, 0) is 11.3 Å². The number of nitrogens with zero attached hydrogens (tertiary/aromatic N) is 2. The molecule has 0 aliphatic heterocycles. The Morgan fingerprint density at radius 1 is 0.806 bits per heavy atom. The molecule has 0 atom stereocenters. The number of para-hydroxylation sites is 3. The van der Waals surface area contributed by atoms with Gasteiger partial charge in [-0.1, -0.05) is 24.3 Å². The van der Waals surface area contributed by atoms with Crippen molar-refractivity contribution >= 4 is 22.5 Å². The van der Waals surface area contributed by atoms with Crippen molar-refractivity contribution in [3.8, 4) is 28.7 Å². The van der Waals surface area contributed by atoms with Crippen LogP contribution >= 0.6 is 0 Å². The maximum atomic E-state index is 13.7. The average molecular weight is 492 g/mol. The lowest BCUT2D eigenvalue weighted by Gasteiger charge is -2.17. The molecule has 0 saturated carbocycles. The van der Waals surface area contributed by atoms with E-state index in [1.54, 1.807) is 48.5 Å². The number of rotatable bonds is 8. The third kappa shape index (κ3) is 4.36. The van der Waals surface area contributed by atoms with E-state index in [1.165, 1.54) is 45.1 Å². The van der Waals surface area contributed by atoms with Crippen LogP contribution in [0.25, 0.3) is 16.6 Å². The van der Waals surface area contributed by atoms with E-state index in [-0.39, 0.29) is 29.1 Å². The molecule has 4 rings (SSSR count). The molecule has 0 spiro atoms. The van der Waals surface area contributed by atoms with Crippen molar-refractivity contribution in [1.82, 2.24) is 9.13 Å². The predicted octanol–water partition coefficient (Wildman–Crippen LogP) is 2.83. The fourth-order valence-electron chi connectivity index (χ4n) is 3.98. The van der Waals surface area contributed by atoms with Gasteiger partial charge in [0.25, 0.3) is 5.56 Å². The minimum atomic E-state index is -0.705. The molecule has 1 N–H and O–H groups in total. The highest BCUT2D eigenvalue weighted by Gasteiger charge is 2.20. The van der Waals surface area contributed by atoms with Gasteiger partial charge in [0.05, 0.1) is 50.7 Å². The van der Waals surface area contributed by atoms with Crippen LogP contribution in [0.4, 0.5) is 5.69 Å². The van der Waals surface area contributed by atoms with Gasteiger partial charge in [-0.2, -0.15) is 0 Å². The Morgan fingerprint density at radius 2 is 1.42 bits per heavy atom. The quantitative estimate of drug-likeness (QED) is 0.404. The summed E-state index contributed by atoms with van der Waals surface area (Å²) in [6, 6.07) is 16.5. The Bertz CT molecular complexity index is 1530. The molecule has 0 aliphatic carbocycles. The largest absolute Gasteiger partial charge is 0.495 e. The summed E-state index contributed by atoms with van der Waals surface area (Å²) in [6.45, 7) is -0.345. The number of carbonyl (C=O) groups is 1. The lowest BCUT2D eigenvalue weighted by atomic mass is 10.2. The standard InChI is InChI=1S/C26H25N3O7/c1-33-20-12-8-6-10-18(20)27-23(30)15-28-19-11-7-5-9-17(19)25(31)29(26(28)32)16-13-21(34-2)24(36-4)22(14-16)35-3/h5-14H,15H2,1-4H3,(H,27,30). The van der Waals surface area contributed by atoms with Gasteiger partial charge in [0.2, 0.25) is 11.7 Å². The number of aromatic nitrogens is 2. The second-order valence-corrected chi connectivity index (χ2v) is 7.66. The van der Waals surface area contributed by atoms with Crippen LogP contribution < -0.4 is 35.5 Å². The van der Waals surface area contributed by atoms with Crippen molar-refractivity contribution in [2.45, 2.75) is 6.54 Å². The topological polar surface area (TPSA) is 110 Å². The Kier molecular flexibility index (Phi) is 6.95. The van der Waals surface area contributed by atoms with Gasteiger partial charge < -0.3 is 24.3 Å². The molecule has 0 radical (unpaired) electrons. The predicted molar refractivity (Wildman–Crippen MR) is 135 cm³/mol. The van der Waals surface area contributed by atoms with Crippen LogP contribution in [0.1, 0.15) is 0 Å². The molecule has 0 fully saturated rings. The highest BCUT2D eigenvalue weighted by Crippen LogP contribution is 2.38. The van der Waals surface area contributed by atoms with Gasteiger partial charge in [0.15, 0.2) is 11.5 Å². The van der Waals surface area contributed by atoms with Crippen molar-refractivity contribution in [3.63, 3.8) is 0 Å². The highest BCUT2D eigenvalue weighted by molar-refractivity contribution is 5.93. The summed E-state index contributed by atoms with van der Waals surface area (Å²) in [6.07, 6.45) is 0. The van der Waals surface area contributed by atoms with E-state index < -0.39 is 17.2 Å². The second kappa shape index (κ2) is 10.3. The highest BCUT2D eigenvalue weighted by atomic mass is 16.5. The van der Waals surface area contributed by atoms with Gasteiger partial charge in [-0.25, -0.2) is 9.36 Å². The summed E-state index contributed by atoms with van der Waals surface area (Å²) in [7, 11) is 5.82. The van der Waals surface area contributed by atoms with E-state index in [0.29, 0.717) is 22.7 Å². The molecule has 0 saturated heterocycles. The van der Waals surface area contributed by atoms with Gasteiger partial charge in [-0.3, -0.25) is 14.2 Å². The number of ether oxygens (including phenoxy) is 4. The SMILES string of the molecule is COc1ccccc1NC(=O)Cn1c(=O)n(-c2cc(OC)c(OC)c(OC)c2)c(=O)c2ccccc21. The smallest absolute Gasteiger partial charge is 0.336 e. The number of fused-ring (bicyclic) bond motifs is 1. The Balaban J connectivity index is 1.88. The summed E-state index contributed by atoms with van der Waals surface area (Å²) in [4.78, 5) is 40.1. The number of amides is 1. The average Bonchev–Trinajstić information content (AvgIpc) is 2.90. The summed E-state index contributed by atoms with van der Waals surface area (Å²) in [5.74, 6) is 0.861. The van der Waals surface area contributed by atoms with Crippen LogP contribution in [-0.4, -0.2) is 43.5 Å². The number of hydrogen-bond acceptors (Lipinski definition) is 7. The number of nitrogens with one attached hydrogen (secondary N) is 1. The number of carbonyl (C=O) groups excluding carboxylic acids is 1. The van der Waals surface area contributed by atoms with Crippen LogP contribution in [0.3, 0.4) is 0 Å². The first-order valence-electron chi connectivity index (χ1n) is 10.9. The molecule has 3 aromatic carbocycles. The van der Waals surface area contributed by atoms with Crippen LogP contribution in [0.2, 0.25) is 0 Å². The first-order chi connectivity index (χ1) is 17.4. The Labute approximate surface area is 206 Å². The van der Waals surface area contributed by atoms with Gasteiger partial charge in [-0.15, -0.1) is 0 Å². The molecule has 0 aliphatic rings. The maximum Gasteiger partial charge on any atom is 0.336 e. The summed E-state index contributed by atoms with van der Waals surface area (Å²) in [5, 5.41) is 3.02. The first-order valence-corrected chi connectivity index (χ1v) is 10.9. The number of hydrogen-bond donors (Lipinski definition) is 1. The summed E-state index contributed by atoms with van der Waals surface area (Å²) < 4.78 is 23.6. The van der Waals surface area contributed by atoms with Crippen molar-refractivity contribution < 1.29 is 23.7 Å².